The van der Waals surface area contributed by atoms with Gasteiger partial charge in [-0.25, -0.2) is 0 Å². The van der Waals surface area contributed by atoms with Crippen molar-refractivity contribution < 1.29 is 19.1 Å². The summed E-state index contributed by atoms with van der Waals surface area (Å²) in [5, 5.41) is 0.787. The van der Waals surface area contributed by atoms with Gasteiger partial charge < -0.3 is 14.5 Å². The van der Waals surface area contributed by atoms with E-state index in [0.29, 0.717) is 30.3 Å². The van der Waals surface area contributed by atoms with Crippen LogP contribution in [-0.2, 0) is 11.2 Å². The van der Waals surface area contributed by atoms with Crippen LogP contribution >= 0.6 is 15.9 Å². The summed E-state index contributed by atoms with van der Waals surface area (Å²) in [5.74, 6) is 0.434. The number of ether oxygens (including phenoxy) is 2. The fraction of sp³-hybridized carbons (Fsp3) is 0.238. The Kier molecular flexibility index (Phi) is 6.77. The molecule has 0 fully saturated rings. The van der Waals surface area contributed by atoms with Gasteiger partial charge in [0.2, 0.25) is 5.91 Å². The second kappa shape index (κ2) is 9.47. The van der Waals surface area contributed by atoms with Gasteiger partial charge in [-0.1, -0.05) is 34.1 Å². The molecule has 3 rings (SSSR count). The highest BCUT2D eigenvalue weighted by Crippen LogP contribution is 2.34. The highest BCUT2D eigenvalue weighted by Gasteiger charge is 2.15. The first kappa shape index (κ1) is 20.7. The van der Waals surface area contributed by atoms with Gasteiger partial charge in [0.05, 0.1) is 25.2 Å². The van der Waals surface area contributed by atoms with Crippen LogP contribution in [-0.4, -0.2) is 30.0 Å². The van der Waals surface area contributed by atoms with Crippen molar-refractivity contribution in [2.24, 2.45) is 0 Å². The molecule has 0 atom stereocenters. The van der Waals surface area contributed by atoms with E-state index in [1.807, 2.05) is 38.1 Å². The van der Waals surface area contributed by atoms with E-state index in [2.05, 4.69) is 31.8 Å². The fourth-order valence-corrected chi connectivity index (χ4v) is 3.38. The Bertz CT molecular complexity index is 1030. The maximum atomic E-state index is 12.4. The molecule has 1 heterocycles. The van der Waals surface area contributed by atoms with Crippen molar-refractivity contribution in [1.82, 2.24) is 15.8 Å². The van der Waals surface area contributed by atoms with Crippen LogP contribution in [0.15, 0.2) is 47.1 Å². The molecule has 7 nitrogen and oxygen atoms in total. The molecule has 8 heteroatoms. The average Bonchev–Trinajstić information content (AvgIpc) is 3.14. The number of aromatic amines is 1. The lowest BCUT2D eigenvalue weighted by molar-refractivity contribution is -0.121. The van der Waals surface area contributed by atoms with Crippen LogP contribution in [0.3, 0.4) is 0 Å². The number of hydrazine groups is 1. The lowest BCUT2D eigenvalue weighted by Crippen LogP contribution is -2.42. The van der Waals surface area contributed by atoms with E-state index in [-0.39, 0.29) is 12.3 Å². The van der Waals surface area contributed by atoms with Crippen LogP contribution in [0.1, 0.15) is 29.8 Å². The van der Waals surface area contributed by atoms with Crippen molar-refractivity contribution in [3.8, 4) is 11.5 Å². The molecule has 0 bridgehead atoms. The summed E-state index contributed by atoms with van der Waals surface area (Å²) in [6, 6.07) is 11.0. The summed E-state index contributed by atoms with van der Waals surface area (Å²) in [7, 11) is 0. The molecule has 29 heavy (non-hydrogen) atoms. The summed E-state index contributed by atoms with van der Waals surface area (Å²) < 4.78 is 11.9. The summed E-state index contributed by atoms with van der Waals surface area (Å²) in [6.45, 7) is 4.76. The molecular weight excluding hydrogens is 438 g/mol. The van der Waals surface area contributed by atoms with Crippen LogP contribution < -0.4 is 20.3 Å². The fourth-order valence-electron chi connectivity index (χ4n) is 2.92. The van der Waals surface area contributed by atoms with Gasteiger partial charge in [-0.05, 0) is 37.6 Å². The number of hydrogen-bond acceptors (Lipinski definition) is 4. The van der Waals surface area contributed by atoms with E-state index in [4.69, 9.17) is 9.47 Å². The number of hydrogen-bond donors (Lipinski definition) is 3. The number of amides is 2. The lowest BCUT2D eigenvalue weighted by Gasteiger charge is -2.14. The monoisotopic (exact) mass is 459 g/mol. The maximum absolute atomic E-state index is 12.4. The Morgan fingerprint density at radius 1 is 1.03 bits per heavy atom. The first-order chi connectivity index (χ1) is 14.0. The smallest absolute Gasteiger partial charge is 0.271 e. The van der Waals surface area contributed by atoms with Gasteiger partial charge in [-0.2, -0.15) is 0 Å². The first-order valence-corrected chi connectivity index (χ1v) is 10.1. The molecule has 2 amide bonds. The van der Waals surface area contributed by atoms with Gasteiger partial charge in [0.15, 0.2) is 11.5 Å². The second-order valence-corrected chi connectivity index (χ2v) is 7.04. The van der Waals surface area contributed by atoms with Crippen LogP contribution in [0.2, 0.25) is 0 Å². The van der Waals surface area contributed by atoms with E-state index in [1.54, 1.807) is 18.3 Å². The van der Waals surface area contributed by atoms with Gasteiger partial charge in [0.1, 0.15) is 0 Å². The van der Waals surface area contributed by atoms with Crippen LogP contribution in [0.25, 0.3) is 10.9 Å². The minimum absolute atomic E-state index is 0.0568. The van der Waals surface area contributed by atoms with Crippen molar-refractivity contribution in [3.63, 3.8) is 0 Å². The Balaban J connectivity index is 1.66. The minimum Gasteiger partial charge on any atom is -0.490 e. The highest BCUT2D eigenvalue weighted by molar-refractivity contribution is 9.10. The number of halogens is 1. The number of rotatable bonds is 7. The molecule has 0 aliphatic carbocycles. The number of benzene rings is 2. The van der Waals surface area contributed by atoms with E-state index >= 15 is 0 Å². The SMILES string of the molecule is CCOc1cc(Br)c(CC(=O)NNC(=O)c2c[nH]c3ccccc23)cc1OCC. The zero-order valence-corrected chi connectivity index (χ0v) is 17.8. The van der Waals surface area contributed by atoms with Gasteiger partial charge in [-0.15, -0.1) is 0 Å². The standard InChI is InChI=1S/C21H22BrN3O4/c1-3-28-18-9-13(16(22)11-19(18)29-4-2)10-20(26)24-25-21(27)15-12-23-17-8-6-5-7-14(15)17/h5-9,11-12,23H,3-4,10H2,1-2H3,(H,24,26)(H,25,27). The Morgan fingerprint density at radius 3 is 2.45 bits per heavy atom. The quantitative estimate of drug-likeness (QED) is 0.469. The topological polar surface area (TPSA) is 92.5 Å². The van der Waals surface area contributed by atoms with E-state index in [0.717, 1.165) is 20.9 Å². The molecule has 1 aromatic heterocycles. The molecule has 3 N–H and O–H groups in total. The Hall–Kier alpha value is -3.00. The molecule has 0 radical (unpaired) electrons. The first-order valence-electron chi connectivity index (χ1n) is 9.26. The predicted octanol–water partition coefficient (Wildman–Crippen LogP) is 3.73. The maximum Gasteiger partial charge on any atom is 0.271 e. The highest BCUT2D eigenvalue weighted by atomic mass is 79.9. The number of carbonyl (C=O) groups is 2. The van der Waals surface area contributed by atoms with Crippen molar-refractivity contribution in [2.45, 2.75) is 20.3 Å². The van der Waals surface area contributed by atoms with Gasteiger partial charge in [0, 0.05) is 21.6 Å². The molecule has 0 aliphatic rings. The van der Waals surface area contributed by atoms with Crippen LogP contribution in [0.5, 0.6) is 11.5 Å². The Morgan fingerprint density at radius 2 is 1.72 bits per heavy atom. The zero-order chi connectivity index (χ0) is 20.8. The molecule has 0 spiro atoms. The van der Waals surface area contributed by atoms with Crippen molar-refractivity contribution in [2.75, 3.05) is 13.2 Å². The molecule has 0 saturated heterocycles. The minimum atomic E-state index is -0.392. The number of para-hydroxylation sites is 1. The number of nitrogens with one attached hydrogen (secondary N) is 3. The summed E-state index contributed by atoms with van der Waals surface area (Å²) in [6.07, 6.45) is 1.67. The number of H-pyrrole nitrogens is 1. The summed E-state index contributed by atoms with van der Waals surface area (Å²) in [4.78, 5) is 27.8. The number of fused-ring (bicyclic) bond motifs is 1. The molecule has 0 saturated carbocycles. The van der Waals surface area contributed by atoms with E-state index in [9.17, 15) is 9.59 Å². The van der Waals surface area contributed by atoms with E-state index in [1.165, 1.54) is 0 Å². The van der Waals surface area contributed by atoms with Crippen LogP contribution in [0, 0.1) is 0 Å². The third kappa shape index (κ3) is 4.89. The average molecular weight is 460 g/mol. The normalized spacial score (nSPS) is 10.6. The second-order valence-electron chi connectivity index (χ2n) is 6.18. The largest absolute Gasteiger partial charge is 0.490 e. The summed E-state index contributed by atoms with van der Waals surface area (Å²) in [5.41, 5.74) is 6.95. The number of carbonyl (C=O) groups excluding carboxylic acids is 2. The molecule has 3 aromatic rings. The van der Waals surface area contributed by atoms with Crippen molar-refractivity contribution >= 4 is 38.6 Å². The number of aromatic nitrogens is 1. The van der Waals surface area contributed by atoms with E-state index < -0.39 is 5.91 Å². The van der Waals surface area contributed by atoms with Crippen molar-refractivity contribution in [1.29, 1.82) is 0 Å². The molecular formula is C21H22BrN3O4. The summed E-state index contributed by atoms with van der Waals surface area (Å²) >= 11 is 3.46. The molecule has 0 aliphatic heterocycles. The van der Waals surface area contributed by atoms with Crippen LogP contribution in [0.4, 0.5) is 0 Å². The van der Waals surface area contributed by atoms with Gasteiger partial charge in [0.25, 0.3) is 5.91 Å². The van der Waals surface area contributed by atoms with Crippen molar-refractivity contribution in [3.05, 3.63) is 58.2 Å². The third-order valence-corrected chi connectivity index (χ3v) is 4.95. The molecule has 152 valence electrons. The lowest BCUT2D eigenvalue weighted by atomic mass is 10.1. The molecule has 2 aromatic carbocycles. The van der Waals surface area contributed by atoms with Gasteiger partial charge >= 0.3 is 0 Å². The zero-order valence-electron chi connectivity index (χ0n) is 16.2. The predicted molar refractivity (Wildman–Crippen MR) is 114 cm³/mol. The molecule has 0 unspecified atom stereocenters. The Labute approximate surface area is 176 Å². The van der Waals surface area contributed by atoms with Gasteiger partial charge in [-0.3, -0.25) is 20.4 Å². The third-order valence-electron chi connectivity index (χ3n) is 4.21.